The summed E-state index contributed by atoms with van der Waals surface area (Å²) < 4.78 is 0. The van der Waals surface area contributed by atoms with E-state index >= 15 is 0 Å². The maximum absolute atomic E-state index is 3.97. The summed E-state index contributed by atoms with van der Waals surface area (Å²) in [5.41, 5.74) is 3.95. The third-order valence-corrected chi connectivity index (χ3v) is 1.49. The fourth-order valence-electron chi connectivity index (χ4n) is 0.963. The quantitative estimate of drug-likeness (QED) is 0.519. The summed E-state index contributed by atoms with van der Waals surface area (Å²) in [6, 6.07) is 0. The molecule has 0 aliphatic heterocycles. The molecule has 0 rings (SSSR count). The first-order valence-corrected chi connectivity index (χ1v) is 4.20. The van der Waals surface area contributed by atoms with Gasteiger partial charge < -0.3 is 5.32 Å². The second-order valence-corrected chi connectivity index (χ2v) is 3.18. The summed E-state index contributed by atoms with van der Waals surface area (Å²) >= 11 is 0. The summed E-state index contributed by atoms with van der Waals surface area (Å²) in [4.78, 5) is 3.97. The van der Waals surface area contributed by atoms with Crippen molar-refractivity contribution in [1.29, 1.82) is 0 Å². The molecule has 72 valence electrons. The molecule has 0 aliphatic carbocycles. The molecule has 2 nitrogen and oxygen atoms in total. The average molecular weight is 178 g/mol. The minimum absolute atomic E-state index is 0.845. The van der Waals surface area contributed by atoms with Gasteiger partial charge in [0.25, 0.3) is 0 Å². The lowest BCUT2D eigenvalue weighted by molar-refractivity contribution is 1.00. The minimum Gasteiger partial charge on any atom is -0.360 e. The van der Waals surface area contributed by atoms with Gasteiger partial charge >= 0.3 is 0 Å². The van der Waals surface area contributed by atoms with Crippen molar-refractivity contribution < 1.29 is 0 Å². The van der Waals surface area contributed by atoms with Crippen LogP contribution in [0.3, 0.4) is 0 Å². The molecule has 2 heteroatoms. The van der Waals surface area contributed by atoms with E-state index in [9.17, 15) is 0 Å². The third-order valence-electron chi connectivity index (χ3n) is 1.49. The van der Waals surface area contributed by atoms with E-state index in [0.717, 1.165) is 17.0 Å². The van der Waals surface area contributed by atoms with Crippen LogP contribution in [0.15, 0.2) is 40.7 Å². The molecule has 0 saturated heterocycles. The minimum atomic E-state index is 0.845. The molecule has 0 aromatic rings. The van der Waals surface area contributed by atoms with Crippen LogP contribution in [-0.4, -0.2) is 13.3 Å². The largest absolute Gasteiger partial charge is 0.360 e. The van der Waals surface area contributed by atoms with Crippen molar-refractivity contribution in [3.63, 3.8) is 0 Å². The first-order chi connectivity index (χ1) is 5.99. The van der Waals surface area contributed by atoms with Crippen molar-refractivity contribution in [3.8, 4) is 0 Å². The Morgan fingerprint density at radius 3 is 2.08 bits per heavy atom. The predicted molar refractivity (Wildman–Crippen MR) is 59.9 cm³/mol. The number of nitrogens with one attached hydrogen (secondary N) is 1. The zero-order valence-electron chi connectivity index (χ0n) is 8.94. The summed E-state index contributed by atoms with van der Waals surface area (Å²) in [6.45, 7) is 13.6. The van der Waals surface area contributed by atoms with Crippen LogP contribution in [0.4, 0.5) is 0 Å². The fourth-order valence-corrected chi connectivity index (χ4v) is 0.963. The highest BCUT2D eigenvalue weighted by Gasteiger charge is 2.00. The van der Waals surface area contributed by atoms with E-state index < -0.39 is 0 Å². The van der Waals surface area contributed by atoms with Crippen molar-refractivity contribution in [3.05, 3.63) is 35.7 Å². The van der Waals surface area contributed by atoms with Gasteiger partial charge in [-0.1, -0.05) is 18.7 Å². The van der Waals surface area contributed by atoms with Gasteiger partial charge in [0.05, 0.1) is 0 Å². The van der Waals surface area contributed by atoms with Crippen LogP contribution in [0.2, 0.25) is 0 Å². The standard InChI is InChI=1S/C11H18N2/c1-8(2)11(7-12-6)10(5)13-9(3)4/h7,13H,3,5H2,1-2,4,6H3/b12-7-. The molecular formula is C11H18N2. The van der Waals surface area contributed by atoms with Crippen LogP contribution < -0.4 is 5.32 Å². The number of hydrogen-bond donors (Lipinski definition) is 1. The van der Waals surface area contributed by atoms with Gasteiger partial charge in [-0.25, -0.2) is 0 Å². The Kier molecular flexibility index (Phi) is 4.82. The van der Waals surface area contributed by atoms with Crippen LogP contribution in [-0.2, 0) is 0 Å². The topological polar surface area (TPSA) is 24.4 Å². The summed E-state index contributed by atoms with van der Waals surface area (Å²) in [7, 11) is 1.75. The predicted octanol–water partition coefficient (Wildman–Crippen LogP) is 2.66. The van der Waals surface area contributed by atoms with Crippen LogP contribution >= 0.6 is 0 Å². The normalized spacial score (nSPS) is 9.85. The maximum atomic E-state index is 3.97. The van der Waals surface area contributed by atoms with Crippen molar-refractivity contribution in [2.75, 3.05) is 7.05 Å². The molecule has 13 heavy (non-hydrogen) atoms. The van der Waals surface area contributed by atoms with E-state index in [0.29, 0.717) is 0 Å². The number of nitrogens with zero attached hydrogens (tertiary/aromatic N) is 1. The Hall–Kier alpha value is -1.31. The zero-order chi connectivity index (χ0) is 10.4. The van der Waals surface area contributed by atoms with E-state index in [-0.39, 0.29) is 0 Å². The van der Waals surface area contributed by atoms with Crippen LogP contribution in [0.5, 0.6) is 0 Å². The molecule has 1 N–H and O–H groups in total. The van der Waals surface area contributed by atoms with E-state index in [2.05, 4.69) is 23.5 Å². The summed E-state index contributed by atoms with van der Waals surface area (Å²) in [6.07, 6.45) is 1.80. The molecule has 0 atom stereocenters. The van der Waals surface area contributed by atoms with Gasteiger partial charge in [-0.3, -0.25) is 4.99 Å². The SMILES string of the molecule is C=C(C)NC(=C)C(/C=N\C)=C(C)C. The van der Waals surface area contributed by atoms with E-state index in [4.69, 9.17) is 0 Å². The third kappa shape index (κ3) is 4.31. The first kappa shape index (κ1) is 11.7. The Morgan fingerprint density at radius 1 is 1.23 bits per heavy atom. The lowest BCUT2D eigenvalue weighted by atomic mass is 10.1. The Labute approximate surface area is 80.8 Å². The highest BCUT2D eigenvalue weighted by atomic mass is 14.9. The Balaban J connectivity index is 4.69. The monoisotopic (exact) mass is 178 g/mol. The highest BCUT2D eigenvalue weighted by Crippen LogP contribution is 2.09. The molecule has 0 radical (unpaired) electrons. The molecule has 0 spiro atoms. The molecule has 0 amide bonds. The van der Waals surface area contributed by atoms with Crippen molar-refractivity contribution >= 4 is 6.21 Å². The first-order valence-electron chi connectivity index (χ1n) is 4.20. The highest BCUT2D eigenvalue weighted by molar-refractivity contribution is 5.85. The second-order valence-electron chi connectivity index (χ2n) is 3.18. The molecule has 0 aromatic heterocycles. The van der Waals surface area contributed by atoms with Crippen molar-refractivity contribution in [2.24, 2.45) is 4.99 Å². The fraction of sp³-hybridized carbons (Fsp3) is 0.364. The summed E-state index contributed by atoms with van der Waals surface area (Å²) in [5, 5.41) is 3.07. The van der Waals surface area contributed by atoms with Gasteiger partial charge in [0, 0.05) is 30.2 Å². The number of rotatable bonds is 4. The maximum Gasteiger partial charge on any atom is 0.0396 e. The van der Waals surface area contributed by atoms with Crippen LogP contribution in [0.1, 0.15) is 20.8 Å². The lowest BCUT2D eigenvalue weighted by Gasteiger charge is -2.10. The molecule has 0 aromatic carbocycles. The Bertz CT molecular complexity index is 266. The number of allylic oxidation sites excluding steroid dienone is 3. The molecule has 0 saturated carbocycles. The molecule has 0 fully saturated rings. The van der Waals surface area contributed by atoms with Gasteiger partial charge in [0.15, 0.2) is 0 Å². The van der Waals surface area contributed by atoms with Gasteiger partial charge in [0.2, 0.25) is 0 Å². The smallest absolute Gasteiger partial charge is 0.0396 e. The van der Waals surface area contributed by atoms with Gasteiger partial charge in [-0.05, 0) is 20.8 Å². The number of aliphatic imine (C=N–C) groups is 1. The van der Waals surface area contributed by atoms with Gasteiger partial charge in [-0.2, -0.15) is 0 Å². The van der Waals surface area contributed by atoms with Crippen LogP contribution in [0.25, 0.3) is 0 Å². The van der Waals surface area contributed by atoms with Crippen molar-refractivity contribution in [2.45, 2.75) is 20.8 Å². The van der Waals surface area contributed by atoms with Crippen molar-refractivity contribution in [1.82, 2.24) is 5.32 Å². The number of hydrogen-bond acceptors (Lipinski definition) is 2. The van der Waals surface area contributed by atoms with Gasteiger partial charge in [-0.15, -0.1) is 0 Å². The summed E-state index contributed by atoms with van der Waals surface area (Å²) in [5.74, 6) is 0. The van der Waals surface area contributed by atoms with E-state index in [1.54, 1.807) is 13.3 Å². The lowest BCUT2D eigenvalue weighted by Crippen LogP contribution is -2.12. The average Bonchev–Trinajstić information content (AvgIpc) is 1.97. The van der Waals surface area contributed by atoms with E-state index in [1.165, 1.54) is 5.57 Å². The van der Waals surface area contributed by atoms with Gasteiger partial charge in [0.1, 0.15) is 0 Å². The van der Waals surface area contributed by atoms with E-state index in [1.807, 2.05) is 20.8 Å². The Morgan fingerprint density at radius 2 is 1.77 bits per heavy atom. The molecule has 0 aliphatic rings. The molecule has 0 heterocycles. The molecular weight excluding hydrogens is 160 g/mol. The van der Waals surface area contributed by atoms with Crippen LogP contribution in [0, 0.1) is 0 Å². The second kappa shape index (κ2) is 5.36. The zero-order valence-corrected chi connectivity index (χ0v) is 8.94. The molecule has 0 bridgehead atoms. The molecule has 0 unspecified atom stereocenters.